The van der Waals surface area contributed by atoms with Crippen molar-refractivity contribution in [2.24, 2.45) is 0 Å². The van der Waals surface area contributed by atoms with E-state index in [4.69, 9.17) is 0 Å². The third-order valence-electron chi connectivity index (χ3n) is 2.19. The molecule has 0 unspecified atom stereocenters. The molecule has 1 aromatic heterocycles. The normalized spacial score (nSPS) is 10.1. The smallest absolute Gasteiger partial charge is 0.252 e. The van der Waals surface area contributed by atoms with Crippen molar-refractivity contribution in [3.8, 4) is 0 Å². The molecule has 2 N–H and O–H groups in total. The van der Waals surface area contributed by atoms with E-state index >= 15 is 0 Å². The molecule has 2 rings (SSSR count). The Balaban J connectivity index is 2.28. The SMILES string of the molecule is CCc1cc(=O)[nH]c(Nc2ccccc2)n1. The van der Waals surface area contributed by atoms with Gasteiger partial charge >= 0.3 is 0 Å². The van der Waals surface area contributed by atoms with Crippen LogP contribution >= 0.6 is 0 Å². The maximum atomic E-state index is 11.3. The van der Waals surface area contributed by atoms with Gasteiger partial charge in [0.1, 0.15) is 0 Å². The van der Waals surface area contributed by atoms with Crippen molar-refractivity contribution in [1.29, 1.82) is 0 Å². The molecule has 0 fully saturated rings. The average molecular weight is 215 g/mol. The van der Waals surface area contributed by atoms with Crippen LogP contribution in [0.3, 0.4) is 0 Å². The maximum absolute atomic E-state index is 11.3. The first-order valence-electron chi connectivity index (χ1n) is 5.20. The molecule has 0 aliphatic heterocycles. The maximum Gasteiger partial charge on any atom is 0.252 e. The number of aryl methyl sites for hydroxylation is 1. The van der Waals surface area contributed by atoms with Crippen LogP contribution in [0.25, 0.3) is 0 Å². The number of aromatic nitrogens is 2. The van der Waals surface area contributed by atoms with Gasteiger partial charge in [0.25, 0.3) is 5.56 Å². The Morgan fingerprint density at radius 1 is 1.31 bits per heavy atom. The molecule has 0 amide bonds. The fraction of sp³-hybridized carbons (Fsp3) is 0.167. The molecule has 1 heterocycles. The Bertz CT molecular complexity index is 519. The number of rotatable bonds is 3. The zero-order valence-electron chi connectivity index (χ0n) is 9.03. The van der Waals surface area contributed by atoms with E-state index in [0.29, 0.717) is 5.95 Å². The Kier molecular flexibility index (Phi) is 3.00. The first kappa shape index (κ1) is 10.4. The molecule has 4 heteroatoms. The summed E-state index contributed by atoms with van der Waals surface area (Å²) < 4.78 is 0. The number of anilines is 2. The topological polar surface area (TPSA) is 57.8 Å². The van der Waals surface area contributed by atoms with Crippen molar-refractivity contribution in [3.63, 3.8) is 0 Å². The molecule has 16 heavy (non-hydrogen) atoms. The Morgan fingerprint density at radius 2 is 2.06 bits per heavy atom. The average Bonchev–Trinajstić information content (AvgIpc) is 2.29. The van der Waals surface area contributed by atoms with Crippen LogP contribution in [0.2, 0.25) is 0 Å². The van der Waals surface area contributed by atoms with Gasteiger partial charge in [-0.15, -0.1) is 0 Å². The summed E-state index contributed by atoms with van der Waals surface area (Å²) in [6.07, 6.45) is 0.743. The van der Waals surface area contributed by atoms with Gasteiger partial charge in [0, 0.05) is 17.4 Å². The van der Waals surface area contributed by atoms with Crippen LogP contribution in [0.4, 0.5) is 11.6 Å². The van der Waals surface area contributed by atoms with Crippen LogP contribution in [-0.2, 0) is 6.42 Å². The lowest BCUT2D eigenvalue weighted by Crippen LogP contribution is -2.11. The van der Waals surface area contributed by atoms with Gasteiger partial charge in [0.15, 0.2) is 0 Å². The van der Waals surface area contributed by atoms with Crippen molar-refractivity contribution in [3.05, 3.63) is 52.4 Å². The number of hydrogen-bond donors (Lipinski definition) is 2. The quantitative estimate of drug-likeness (QED) is 0.824. The fourth-order valence-electron chi connectivity index (χ4n) is 1.41. The standard InChI is InChI=1S/C12H13N3O/c1-2-9-8-11(16)15-12(13-9)14-10-6-4-3-5-7-10/h3-8H,2H2,1H3,(H2,13,14,15,16). The summed E-state index contributed by atoms with van der Waals surface area (Å²) in [6.45, 7) is 1.97. The van der Waals surface area contributed by atoms with Gasteiger partial charge in [-0.05, 0) is 18.6 Å². The highest BCUT2D eigenvalue weighted by molar-refractivity contribution is 5.52. The molecule has 0 spiro atoms. The second-order valence-corrected chi connectivity index (χ2v) is 3.43. The Labute approximate surface area is 93.4 Å². The summed E-state index contributed by atoms with van der Waals surface area (Å²) in [6, 6.07) is 11.1. The van der Waals surface area contributed by atoms with E-state index in [1.165, 1.54) is 6.07 Å². The van der Waals surface area contributed by atoms with E-state index in [9.17, 15) is 4.79 Å². The zero-order valence-corrected chi connectivity index (χ0v) is 9.03. The van der Waals surface area contributed by atoms with Crippen molar-refractivity contribution >= 4 is 11.6 Å². The van der Waals surface area contributed by atoms with E-state index in [-0.39, 0.29) is 5.56 Å². The van der Waals surface area contributed by atoms with Gasteiger partial charge in [-0.25, -0.2) is 4.98 Å². The van der Waals surface area contributed by atoms with Gasteiger partial charge in [-0.2, -0.15) is 0 Å². The van der Waals surface area contributed by atoms with Gasteiger partial charge in [-0.3, -0.25) is 9.78 Å². The largest absolute Gasteiger partial charge is 0.326 e. The molecule has 1 aromatic carbocycles. The van der Waals surface area contributed by atoms with Crippen molar-refractivity contribution in [2.75, 3.05) is 5.32 Å². The second-order valence-electron chi connectivity index (χ2n) is 3.43. The van der Waals surface area contributed by atoms with E-state index < -0.39 is 0 Å². The minimum absolute atomic E-state index is 0.134. The van der Waals surface area contributed by atoms with Crippen LogP contribution in [0, 0.1) is 0 Å². The Hall–Kier alpha value is -2.10. The number of aromatic amines is 1. The minimum Gasteiger partial charge on any atom is -0.326 e. The van der Waals surface area contributed by atoms with Crippen LogP contribution < -0.4 is 10.9 Å². The predicted molar refractivity (Wildman–Crippen MR) is 64.0 cm³/mol. The summed E-state index contributed by atoms with van der Waals surface area (Å²) in [5, 5.41) is 3.05. The number of nitrogens with one attached hydrogen (secondary N) is 2. The lowest BCUT2D eigenvalue weighted by molar-refractivity contribution is 0.986. The number of H-pyrrole nitrogens is 1. The number of benzene rings is 1. The van der Waals surface area contributed by atoms with Crippen molar-refractivity contribution < 1.29 is 0 Å². The molecule has 0 saturated heterocycles. The number of para-hydroxylation sites is 1. The first-order valence-corrected chi connectivity index (χ1v) is 5.20. The molecule has 4 nitrogen and oxygen atoms in total. The Morgan fingerprint density at radius 3 is 2.75 bits per heavy atom. The fourth-order valence-corrected chi connectivity index (χ4v) is 1.41. The summed E-state index contributed by atoms with van der Waals surface area (Å²) in [7, 11) is 0. The lowest BCUT2D eigenvalue weighted by atomic mass is 10.3. The first-order chi connectivity index (χ1) is 7.78. The molecule has 2 aromatic rings. The van der Waals surface area contributed by atoms with Crippen LogP contribution in [0.1, 0.15) is 12.6 Å². The van der Waals surface area contributed by atoms with Crippen molar-refractivity contribution in [2.45, 2.75) is 13.3 Å². The highest BCUT2D eigenvalue weighted by Crippen LogP contribution is 2.10. The lowest BCUT2D eigenvalue weighted by Gasteiger charge is -2.05. The zero-order chi connectivity index (χ0) is 11.4. The molecule has 82 valence electrons. The molecular weight excluding hydrogens is 202 g/mol. The highest BCUT2D eigenvalue weighted by atomic mass is 16.1. The summed E-state index contributed by atoms with van der Waals surface area (Å²) >= 11 is 0. The van der Waals surface area contributed by atoms with E-state index in [2.05, 4.69) is 15.3 Å². The molecule has 0 aliphatic rings. The molecular formula is C12H13N3O. The molecule has 0 saturated carbocycles. The van der Waals surface area contributed by atoms with Crippen LogP contribution in [-0.4, -0.2) is 9.97 Å². The van der Waals surface area contributed by atoms with Gasteiger partial charge in [0.2, 0.25) is 5.95 Å². The van der Waals surface area contributed by atoms with Crippen LogP contribution in [0.15, 0.2) is 41.2 Å². The van der Waals surface area contributed by atoms with Crippen LogP contribution in [0.5, 0.6) is 0 Å². The molecule has 0 aliphatic carbocycles. The summed E-state index contributed by atoms with van der Waals surface area (Å²) in [4.78, 5) is 18.3. The van der Waals surface area contributed by atoms with E-state index in [1.54, 1.807) is 0 Å². The minimum atomic E-state index is -0.134. The highest BCUT2D eigenvalue weighted by Gasteiger charge is 1.99. The summed E-state index contributed by atoms with van der Waals surface area (Å²) in [5.41, 5.74) is 1.55. The third kappa shape index (κ3) is 2.48. The third-order valence-corrected chi connectivity index (χ3v) is 2.19. The predicted octanol–water partition coefficient (Wildman–Crippen LogP) is 2.08. The van der Waals surface area contributed by atoms with Gasteiger partial charge in [-0.1, -0.05) is 25.1 Å². The van der Waals surface area contributed by atoms with E-state index in [0.717, 1.165) is 17.8 Å². The van der Waals surface area contributed by atoms with E-state index in [1.807, 2.05) is 37.3 Å². The number of nitrogens with zero attached hydrogens (tertiary/aromatic N) is 1. The monoisotopic (exact) mass is 215 g/mol. The van der Waals surface area contributed by atoms with Gasteiger partial charge in [0.05, 0.1) is 0 Å². The second kappa shape index (κ2) is 4.61. The molecule has 0 bridgehead atoms. The van der Waals surface area contributed by atoms with Gasteiger partial charge < -0.3 is 5.32 Å². The number of hydrogen-bond acceptors (Lipinski definition) is 3. The molecule has 0 radical (unpaired) electrons. The molecule has 0 atom stereocenters. The van der Waals surface area contributed by atoms with Crippen molar-refractivity contribution in [1.82, 2.24) is 9.97 Å². The summed E-state index contributed by atoms with van der Waals surface area (Å²) in [5.74, 6) is 0.482.